The third kappa shape index (κ3) is 3.43. The molecule has 0 amide bonds. The molecule has 0 aliphatic carbocycles. The number of anilines is 1. The van der Waals surface area contributed by atoms with Crippen LogP contribution in [0.4, 0.5) is 5.95 Å². The van der Waals surface area contributed by atoms with Gasteiger partial charge in [-0.1, -0.05) is 35.4 Å². The van der Waals surface area contributed by atoms with Crippen molar-refractivity contribution in [2.24, 2.45) is 0 Å². The molecule has 1 N–H and O–H groups in total. The van der Waals surface area contributed by atoms with Gasteiger partial charge in [-0.05, 0) is 43.7 Å². The molecule has 0 aliphatic rings. The summed E-state index contributed by atoms with van der Waals surface area (Å²) in [5.41, 5.74) is 4.20. The van der Waals surface area contributed by atoms with Crippen LogP contribution in [0.25, 0.3) is 16.2 Å². The average molecular weight is 419 g/mol. The van der Waals surface area contributed by atoms with Gasteiger partial charge in [0.25, 0.3) is 16.0 Å². The summed E-state index contributed by atoms with van der Waals surface area (Å²) in [5, 5.41) is 6.77. The summed E-state index contributed by atoms with van der Waals surface area (Å²) in [5.74, 6) is 0.0304. The van der Waals surface area contributed by atoms with Gasteiger partial charge in [0, 0.05) is 16.0 Å². The Hall–Kier alpha value is -2.42. The highest BCUT2D eigenvalue weighted by Crippen LogP contribution is 2.29. The van der Waals surface area contributed by atoms with Crippen LogP contribution in [0.2, 0.25) is 5.02 Å². The fraction of sp³-hybridized carbons (Fsp3) is 0.111. The topological polar surface area (TPSA) is 76.4 Å². The SMILES string of the molecule is Cc1ccc(-c2csc3nc(NS(=O)(=O)c4ccc(Cl)cc4)nn23)c(C)c1. The summed E-state index contributed by atoms with van der Waals surface area (Å²) in [7, 11) is -3.79. The molecule has 2 aromatic carbocycles. The molecule has 0 spiro atoms. The van der Waals surface area contributed by atoms with Crippen molar-refractivity contribution >= 4 is 43.9 Å². The largest absolute Gasteiger partial charge is 0.264 e. The molecule has 0 fully saturated rings. The summed E-state index contributed by atoms with van der Waals surface area (Å²) in [6.07, 6.45) is 0. The van der Waals surface area contributed by atoms with Gasteiger partial charge in [0.05, 0.1) is 10.6 Å². The van der Waals surface area contributed by atoms with E-state index < -0.39 is 10.0 Å². The van der Waals surface area contributed by atoms with Crippen LogP contribution in [-0.4, -0.2) is 23.0 Å². The van der Waals surface area contributed by atoms with E-state index in [1.807, 2.05) is 31.4 Å². The molecule has 0 unspecified atom stereocenters. The second kappa shape index (κ2) is 6.63. The first-order valence-corrected chi connectivity index (χ1v) is 10.8. The third-order valence-electron chi connectivity index (χ3n) is 4.09. The Morgan fingerprint density at radius 2 is 1.85 bits per heavy atom. The van der Waals surface area contributed by atoms with Gasteiger partial charge in [-0.2, -0.15) is 4.98 Å². The van der Waals surface area contributed by atoms with E-state index >= 15 is 0 Å². The summed E-state index contributed by atoms with van der Waals surface area (Å²) >= 11 is 7.22. The van der Waals surface area contributed by atoms with Crippen LogP contribution in [0, 0.1) is 13.8 Å². The predicted molar refractivity (Wildman–Crippen MR) is 108 cm³/mol. The number of nitrogens with one attached hydrogen (secondary N) is 1. The maximum absolute atomic E-state index is 12.5. The lowest BCUT2D eigenvalue weighted by molar-refractivity contribution is 0.601. The highest BCUT2D eigenvalue weighted by molar-refractivity contribution is 7.92. The second-order valence-corrected chi connectivity index (χ2v) is 9.08. The van der Waals surface area contributed by atoms with Crippen LogP contribution in [0.15, 0.2) is 52.7 Å². The van der Waals surface area contributed by atoms with Gasteiger partial charge < -0.3 is 0 Å². The normalized spacial score (nSPS) is 11.8. The van der Waals surface area contributed by atoms with E-state index in [1.165, 1.54) is 41.2 Å². The van der Waals surface area contributed by atoms with Crippen LogP contribution < -0.4 is 4.72 Å². The Balaban J connectivity index is 1.71. The van der Waals surface area contributed by atoms with Gasteiger partial charge >= 0.3 is 0 Å². The number of rotatable bonds is 4. The van der Waals surface area contributed by atoms with Crippen molar-refractivity contribution in [2.75, 3.05) is 4.72 Å². The van der Waals surface area contributed by atoms with Crippen molar-refractivity contribution in [3.8, 4) is 11.3 Å². The van der Waals surface area contributed by atoms with Crippen LogP contribution in [0.5, 0.6) is 0 Å². The minimum absolute atomic E-state index is 0.0304. The number of nitrogens with zero attached hydrogens (tertiary/aromatic N) is 3. The van der Waals surface area contributed by atoms with E-state index in [2.05, 4.69) is 20.9 Å². The molecule has 0 radical (unpaired) electrons. The Morgan fingerprint density at radius 1 is 1.11 bits per heavy atom. The Morgan fingerprint density at radius 3 is 2.56 bits per heavy atom. The summed E-state index contributed by atoms with van der Waals surface area (Å²) < 4.78 is 29.1. The van der Waals surface area contributed by atoms with Crippen LogP contribution in [0.3, 0.4) is 0 Å². The number of halogens is 1. The van der Waals surface area contributed by atoms with Gasteiger partial charge in [-0.3, -0.25) is 0 Å². The maximum Gasteiger partial charge on any atom is 0.264 e. The molecule has 0 saturated heterocycles. The molecule has 0 bridgehead atoms. The molecule has 27 heavy (non-hydrogen) atoms. The summed E-state index contributed by atoms with van der Waals surface area (Å²) in [6.45, 7) is 4.08. The molecule has 138 valence electrons. The predicted octanol–water partition coefficient (Wildman–Crippen LogP) is 4.53. The zero-order chi connectivity index (χ0) is 19.2. The third-order valence-corrected chi connectivity index (χ3v) is 6.50. The number of aromatic nitrogens is 3. The number of fused-ring (bicyclic) bond motifs is 1. The van der Waals surface area contributed by atoms with Crippen molar-refractivity contribution in [3.63, 3.8) is 0 Å². The number of aryl methyl sites for hydroxylation is 2. The lowest BCUT2D eigenvalue weighted by Gasteiger charge is -2.05. The number of hydrogen-bond donors (Lipinski definition) is 1. The number of benzene rings is 2. The maximum atomic E-state index is 12.5. The first kappa shape index (κ1) is 18.0. The molecule has 0 saturated carbocycles. The van der Waals surface area contributed by atoms with Gasteiger partial charge in [-0.15, -0.1) is 16.4 Å². The molecule has 6 nitrogen and oxygen atoms in total. The number of thiazole rings is 1. The van der Waals surface area contributed by atoms with Gasteiger partial charge in [0.1, 0.15) is 0 Å². The van der Waals surface area contributed by atoms with E-state index in [9.17, 15) is 8.42 Å². The molecular formula is C18H15ClN4O2S2. The summed E-state index contributed by atoms with van der Waals surface area (Å²) in [6, 6.07) is 12.1. The number of hydrogen-bond acceptors (Lipinski definition) is 5. The van der Waals surface area contributed by atoms with E-state index in [0.29, 0.717) is 9.98 Å². The van der Waals surface area contributed by atoms with Gasteiger partial charge in [0.15, 0.2) is 0 Å². The first-order chi connectivity index (χ1) is 12.8. The average Bonchev–Trinajstić information content (AvgIpc) is 3.15. The van der Waals surface area contributed by atoms with Crippen molar-refractivity contribution in [1.29, 1.82) is 0 Å². The monoisotopic (exact) mass is 418 g/mol. The van der Waals surface area contributed by atoms with Crippen molar-refractivity contribution in [1.82, 2.24) is 14.6 Å². The molecular weight excluding hydrogens is 404 g/mol. The van der Waals surface area contributed by atoms with Crippen molar-refractivity contribution in [3.05, 3.63) is 64.0 Å². The molecule has 0 atom stereocenters. The van der Waals surface area contributed by atoms with Crippen LogP contribution >= 0.6 is 22.9 Å². The highest BCUT2D eigenvalue weighted by Gasteiger charge is 2.19. The fourth-order valence-corrected chi connectivity index (χ4v) is 4.69. The second-order valence-electron chi connectivity index (χ2n) is 6.13. The quantitative estimate of drug-likeness (QED) is 0.528. The number of sulfonamides is 1. The minimum atomic E-state index is -3.79. The van der Waals surface area contributed by atoms with E-state index in [1.54, 1.807) is 4.52 Å². The smallest absolute Gasteiger partial charge is 0.246 e. The van der Waals surface area contributed by atoms with E-state index in [4.69, 9.17) is 11.6 Å². The van der Waals surface area contributed by atoms with Crippen molar-refractivity contribution < 1.29 is 8.42 Å². The molecule has 0 aliphatic heterocycles. The highest BCUT2D eigenvalue weighted by atomic mass is 35.5. The Labute approximate surface area is 165 Å². The lowest BCUT2D eigenvalue weighted by Crippen LogP contribution is -2.14. The fourth-order valence-electron chi connectivity index (χ4n) is 2.80. The molecule has 9 heteroatoms. The zero-order valence-electron chi connectivity index (χ0n) is 14.5. The van der Waals surface area contributed by atoms with Crippen LogP contribution in [0.1, 0.15) is 11.1 Å². The lowest BCUT2D eigenvalue weighted by atomic mass is 10.0. The standard InChI is InChI=1S/C18H15ClN4O2S2/c1-11-3-8-15(12(2)9-11)16-10-26-18-20-17(21-23(16)18)22-27(24,25)14-6-4-13(19)5-7-14/h3-10H,1-2H3,(H,21,22). The van der Waals surface area contributed by atoms with E-state index in [0.717, 1.165) is 16.8 Å². The van der Waals surface area contributed by atoms with Gasteiger partial charge in [0.2, 0.25) is 4.96 Å². The molecule has 2 heterocycles. The first-order valence-electron chi connectivity index (χ1n) is 8.04. The Bertz CT molecular complexity index is 1240. The van der Waals surface area contributed by atoms with Crippen LogP contribution in [-0.2, 0) is 10.0 Å². The zero-order valence-corrected chi connectivity index (χ0v) is 16.9. The molecule has 4 aromatic rings. The molecule has 4 rings (SSSR count). The van der Waals surface area contributed by atoms with E-state index in [-0.39, 0.29) is 10.8 Å². The Kier molecular flexibility index (Phi) is 4.41. The summed E-state index contributed by atoms with van der Waals surface area (Å²) in [4.78, 5) is 5.00. The van der Waals surface area contributed by atoms with Crippen molar-refractivity contribution in [2.45, 2.75) is 18.7 Å². The van der Waals surface area contributed by atoms with Gasteiger partial charge in [-0.25, -0.2) is 17.7 Å². The molecule has 2 aromatic heterocycles. The minimum Gasteiger partial charge on any atom is -0.246 e.